The number of piperidine rings is 1. The topological polar surface area (TPSA) is 79.4 Å². The number of rotatable bonds is 3. The van der Waals surface area contributed by atoms with E-state index in [0.717, 1.165) is 22.4 Å². The van der Waals surface area contributed by atoms with Gasteiger partial charge in [0.2, 0.25) is 11.8 Å². The smallest absolute Gasteiger partial charge is 0.255 e. The van der Waals surface area contributed by atoms with Crippen molar-refractivity contribution in [1.82, 2.24) is 15.2 Å². The van der Waals surface area contributed by atoms with E-state index >= 15 is 0 Å². The number of pyridine rings is 1. The third-order valence-electron chi connectivity index (χ3n) is 4.80. The van der Waals surface area contributed by atoms with Crippen molar-refractivity contribution in [3.63, 3.8) is 0 Å². The minimum Gasteiger partial charge on any atom is -0.322 e. The molecule has 0 bridgehead atoms. The van der Waals surface area contributed by atoms with E-state index in [0.29, 0.717) is 24.4 Å². The number of amides is 3. The molecule has 26 heavy (non-hydrogen) atoms. The van der Waals surface area contributed by atoms with Crippen LogP contribution in [0.5, 0.6) is 0 Å². The standard InChI is InChI=1S/C19H16ClN3O3/c20-9-11-5-6-21-15(7-11)12-1-2-14-13(8-12)10-23(19(14)26)16-3-4-17(24)22-18(16)25/h1-2,5-8,16H,3-4,9-10H2,(H,22,24,25). The summed E-state index contributed by atoms with van der Waals surface area (Å²) < 4.78 is 0. The van der Waals surface area contributed by atoms with E-state index in [1.807, 2.05) is 24.3 Å². The predicted molar refractivity (Wildman–Crippen MR) is 95.3 cm³/mol. The van der Waals surface area contributed by atoms with Crippen LogP contribution in [0.15, 0.2) is 36.5 Å². The molecule has 1 aromatic heterocycles. The Balaban J connectivity index is 1.62. The zero-order chi connectivity index (χ0) is 18.3. The summed E-state index contributed by atoms with van der Waals surface area (Å²) in [5.74, 6) is -0.465. The third-order valence-corrected chi connectivity index (χ3v) is 5.11. The van der Waals surface area contributed by atoms with Crippen molar-refractivity contribution in [2.24, 2.45) is 0 Å². The Morgan fingerprint density at radius 2 is 2.04 bits per heavy atom. The van der Waals surface area contributed by atoms with Gasteiger partial charge >= 0.3 is 0 Å². The number of imide groups is 1. The zero-order valence-electron chi connectivity index (χ0n) is 13.9. The second-order valence-electron chi connectivity index (χ2n) is 6.45. The van der Waals surface area contributed by atoms with Crippen LogP contribution in [-0.2, 0) is 22.0 Å². The van der Waals surface area contributed by atoms with Gasteiger partial charge in [0.1, 0.15) is 6.04 Å². The van der Waals surface area contributed by atoms with Crippen molar-refractivity contribution in [2.75, 3.05) is 0 Å². The van der Waals surface area contributed by atoms with Crippen molar-refractivity contribution in [3.05, 3.63) is 53.2 Å². The van der Waals surface area contributed by atoms with Crippen molar-refractivity contribution in [2.45, 2.75) is 31.3 Å². The number of carbonyl (C=O) groups excluding carboxylic acids is 3. The lowest BCUT2D eigenvalue weighted by Crippen LogP contribution is -2.52. The molecule has 6 nitrogen and oxygen atoms in total. The van der Waals surface area contributed by atoms with Crippen LogP contribution in [0, 0.1) is 0 Å². The summed E-state index contributed by atoms with van der Waals surface area (Å²) in [6.45, 7) is 0.351. The molecule has 2 aliphatic heterocycles. The molecule has 3 amide bonds. The first-order chi connectivity index (χ1) is 12.6. The Labute approximate surface area is 155 Å². The van der Waals surface area contributed by atoms with Gasteiger partial charge in [-0.3, -0.25) is 24.7 Å². The van der Waals surface area contributed by atoms with Crippen molar-refractivity contribution in [1.29, 1.82) is 0 Å². The van der Waals surface area contributed by atoms with E-state index in [1.165, 1.54) is 0 Å². The summed E-state index contributed by atoms with van der Waals surface area (Å²) >= 11 is 5.89. The maximum atomic E-state index is 12.7. The summed E-state index contributed by atoms with van der Waals surface area (Å²) in [6.07, 6.45) is 2.31. The van der Waals surface area contributed by atoms with E-state index in [9.17, 15) is 14.4 Å². The predicted octanol–water partition coefficient (Wildman–Crippen LogP) is 2.25. The van der Waals surface area contributed by atoms with Crippen LogP contribution in [0.1, 0.15) is 34.3 Å². The van der Waals surface area contributed by atoms with Crippen LogP contribution < -0.4 is 5.32 Å². The number of halogens is 1. The quantitative estimate of drug-likeness (QED) is 0.664. The van der Waals surface area contributed by atoms with Gasteiger partial charge in [-0.05, 0) is 41.8 Å². The largest absolute Gasteiger partial charge is 0.322 e. The monoisotopic (exact) mass is 369 g/mol. The Morgan fingerprint density at radius 3 is 2.81 bits per heavy atom. The molecule has 1 aromatic carbocycles. The average molecular weight is 370 g/mol. The van der Waals surface area contributed by atoms with E-state index in [4.69, 9.17) is 11.6 Å². The normalized spacial score (nSPS) is 19.5. The summed E-state index contributed by atoms with van der Waals surface area (Å²) in [6, 6.07) is 8.73. The van der Waals surface area contributed by atoms with Crippen LogP contribution in [-0.4, -0.2) is 33.6 Å². The minimum atomic E-state index is -0.603. The van der Waals surface area contributed by atoms with Gasteiger partial charge < -0.3 is 4.90 Å². The van der Waals surface area contributed by atoms with Gasteiger partial charge in [0.25, 0.3) is 5.91 Å². The number of carbonyl (C=O) groups is 3. The molecular formula is C19H16ClN3O3. The average Bonchev–Trinajstić information content (AvgIpc) is 2.98. The Kier molecular flexibility index (Phi) is 4.20. The first-order valence-electron chi connectivity index (χ1n) is 8.35. The van der Waals surface area contributed by atoms with Gasteiger partial charge in [-0.2, -0.15) is 0 Å². The third kappa shape index (κ3) is 2.86. The second kappa shape index (κ2) is 6.53. The lowest BCUT2D eigenvalue weighted by molar-refractivity contribution is -0.136. The number of alkyl halides is 1. The number of nitrogens with one attached hydrogen (secondary N) is 1. The van der Waals surface area contributed by atoms with Crippen LogP contribution >= 0.6 is 11.6 Å². The molecule has 1 fully saturated rings. The molecule has 0 spiro atoms. The Hall–Kier alpha value is -2.73. The van der Waals surface area contributed by atoms with E-state index in [2.05, 4.69) is 10.3 Å². The molecule has 2 aliphatic rings. The molecule has 0 radical (unpaired) electrons. The van der Waals surface area contributed by atoms with Crippen LogP contribution in [0.25, 0.3) is 11.3 Å². The summed E-state index contributed by atoms with van der Waals surface area (Å²) in [7, 11) is 0. The molecule has 132 valence electrons. The Morgan fingerprint density at radius 1 is 1.19 bits per heavy atom. The van der Waals surface area contributed by atoms with Gasteiger partial charge in [-0.25, -0.2) is 0 Å². The number of hydrogen-bond donors (Lipinski definition) is 1. The SMILES string of the molecule is O=C1CCC(N2Cc3cc(-c4cc(CCl)ccn4)ccc3C2=O)C(=O)N1. The highest BCUT2D eigenvalue weighted by Crippen LogP contribution is 2.30. The molecule has 2 aromatic rings. The van der Waals surface area contributed by atoms with Gasteiger partial charge in [0.05, 0.1) is 5.69 Å². The molecule has 1 atom stereocenters. The van der Waals surface area contributed by atoms with E-state index in [-0.39, 0.29) is 18.2 Å². The highest BCUT2D eigenvalue weighted by atomic mass is 35.5. The molecule has 1 saturated heterocycles. The fourth-order valence-electron chi connectivity index (χ4n) is 3.45. The fraction of sp³-hybridized carbons (Fsp3) is 0.263. The number of aromatic nitrogens is 1. The maximum Gasteiger partial charge on any atom is 0.255 e. The lowest BCUT2D eigenvalue weighted by atomic mass is 10.0. The molecule has 3 heterocycles. The number of benzene rings is 1. The van der Waals surface area contributed by atoms with E-state index in [1.54, 1.807) is 17.2 Å². The summed E-state index contributed by atoms with van der Waals surface area (Å²) in [4.78, 5) is 42.0. The fourth-order valence-corrected chi connectivity index (χ4v) is 3.62. The van der Waals surface area contributed by atoms with Gasteiger partial charge in [-0.15, -0.1) is 11.6 Å². The summed E-state index contributed by atoms with van der Waals surface area (Å²) in [5.41, 5.74) is 4.10. The highest BCUT2D eigenvalue weighted by Gasteiger charge is 2.39. The molecule has 1 N–H and O–H groups in total. The summed E-state index contributed by atoms with van der Waals surface area (Å²) in [5, 5.41) is 2.31. The Bertz CT molecular complexity index is 928. The van der Waals surface area contributed by atoms with Gasteiger partial charge in [-0.1, -0.05) is 6.07 Å². The van der Waals surface area contributed by atoms with E-state index < -0.39 is 11.9 Å². The number of hydrogen-bond acceptors (Lipinski definition) is 4. The number of fused-ring (bicyclic) bond motifs is 1. The number of nitrogens with zero attached hydrogens (tertiary/aromatic N) is 2. The molecule has 4 rings (SSSR count). The first-order valence-corrected chi connectivity index (χ1v) is 8.89. The molecular weight excluding hydrogens is 354 g/mol. The maximum absolute atomic E-state index is 12.7. The van der Waals surface area contributed by atoms with Crippen molar-refractivity contribution in [3.8, 4) is 11.3 Å². The molecule has 0 aliphatic carbocycles. The van der Waals surface area contributed by atoms with Gasteiger partial charge in [0, 0.05) is 36.2 Å². The van der Waals surface area contributed by atoms with Crippen molar-refractivity contribution < 1.29 is 14.4 Å². The van der Waals surface area contributed by atoms with Crippen LogP contribution in [0.3, 0.4) is 0 Å². The lowest BCUT2D eigenvalue weighted by Gasteiger charge is -2.29. The zero-order valence-corrected chi connectivity index (χ0v) is 14.6. The van der Waals surface area contributed by atoms with Crippen LogP contribution in [0.2, 0.25) is 0 Å². The van der Waals surface area contributed by atoms with Gasteiger partial charge in [0.15, 0.2) is 0 Å². The first kappa shape index (κ1) is 16.7. The van der Waals surface area contributed by atoms with Crippen molar-refractivity contribution >= 4 is 29.3 Å². The molecule has 7 heteroatoms. The van der Waals surface area contributed by atoms with Crippen LogP contribution in [0.4, 0.5) is 0 Å². The molecule has 0 saturated carbocycles. The highest BCUT2D eigenvalue weighted by molar-refractivity contribution is 6.17. The minimum absolute atomic E-state index is 0.177. The molecule has 1 unspecified atom stereocenters. The second-order valence-corrected chi connectivity index (χ2v) is 6.72.